The van der Waals surface area contributed by atoms with Gasteiger partial charge in [0, 0.05) is 5.75 Å². The van der Waals surface area contributed by atoms with Gasteiger partial charge in [0.1, 0.15) is 18.1 Å². The summed E-state index contributed by atoms with van der Waals surface area (Å²) in [4.78, 5) is 29.0. The van der Waals surface area contributed by atoms with Crippen molar-refractivity contribution in [2.75, 3.05) is 19.0 Å². The van der Waals surface area contributed by atoms with Crippen molar-refractivity contribution in [1.29, 1.82) is 0 Å². The molecule has 0 radical (unpaired) electrons. The maximum atomic E-state index is 9.76. The Morgan fingerprint density at radius 1 is 0.762 bits per heavy atom. The lowest BCUT2D eigenvalue weighted by Crippen LogP contribution is -2.33. The van der Waals surface area contributed by atoms with Crippen molar-refractivity contribution in [3.8, 4) is 0 Å². The highest BCUT2D eigenvalue weighted by molar-refractivity contribution is 7.80. The molecule has 0 saturated heterocycles. The molecule has 0 aromatic carbocycles. The summed E-state index contributed by atoms with van der Waals surface area (Å²) in [7, 11) is 0. The van der Waals surface area contributed by atoms with E-state index in [1.165, 1.54) is 0 Å². The molecule has 0 aromatic rings. The number of carboxylic acids is 3. The fourth-order valence-corrected chi connectivity index (χ4v) is 0.390. The van der Waals surface area contributed by atoms with Crippen LogP contribution in [0.4, 0.5) is 0 Å². The van der Waals surface area contributed by atoms with Crippen molar-refractivity contribution in [1.82, 2.24) is 0 Å². The lowest BCUT2D eigenvalue weighted by molar-refractivity contribution is -0.140. The van der Waals surface area contributed by atoms with Crippen molar-refractivity contribution in [3.05, 3.63) is 0 Å². The van der Waals surface area contributed by atoms with Crippen LogP contribution in [0, 0.1) is 0 Å². The smallest absolute Gasteiger partial charge is 0.322 e. The van der Waals surface area contributed by atoms with E-state index in [0.29, 0.717) is 0 Å². The van der Waals surface area contributed by atoms with Crippen LogP contribution in [0.25, 0.3) is 0 Å². The van der Waals surface area contributed by atoms with Gasteiger partial charge in [-0.05, 0) is 0 Å². The molecule has 0 bridgehead atoms. The molecule has 0 saturated carbocycles. The summed E-state index contributed by atoms with van der Waals surface area (Å²) in [6.45, 7) is -1.01. The predicted octanol–water partition coefficient (Wildman–Crippen LogP) is -3.89. The Bertz CT molecular complexity index is 270. The first kappa shape index (κ1) is 24.6. The van der Waals surface area contributed by atoms with E-state index < -0.39 is 49.2 Å². The fraction of sp³-hybridized carbons (Fsp3) is 0.667. The zero-order chi connectivity index (χ0) is 17.6. The quantitative estimate of drug-likeness (QED) is 0.213. The van der Waals surface area contributed by atoms with Gasteiger partial charge in [-0.1, -0.05) is 0 Å². The topological polar surface area (TPSA) is 230 Å². The van der Waals surface area contributed by atoms with Crippen molar-refractivity contribution < 1.29 is 39.9 Å². The molecule has 126 valence electrons. The maximum absolute atomic E-state index is 9.76. The molecule has 0 heterocycles. The zero-order valence-corrected chi connectivity index (χ0v) is 11.9. The van der Waals surface area contributed by atoms with Crippen LogP contribution in [0.2, 0.25) is 0 Å². The van der Waals surface area contributed by atoms with Crippen molar-refractivity contribution in [2.24, 2.45) is 17.2 Å². The van der Waals surface area contributed by atoms with Gasteiger partial charge in [0.2, 0.25) is 0 Å². The molecule has 0 unspecified atom stereocenters. The second-order valence-corrected chi connectivity index (χ2v) is 3.75. The number of thiol groups is 1. The number of aliphatic hydroxyl groups excluding tert-OH is 2. The van der Waals surface area contributed by atoms with Crippen LogP contribution in [-0.2, 0) is 14.4 Å². The minimum Gasteiger partial charge on any atom is -0.480 e. The second kappa shape index (κ2) is 15.0. The van der Waals surface area contributed by atoms with Gasteiger partial charge in [-0.2, -0.15) is 12.6 Å². The highest BCUT2D eigenvalue weighted by Gasteiger charge is 2.07. The molecular weight excluding hydrogens is 310 g/mol. The molecule has 12 heteroatoms. The summed E-state index contributed by atoms with van der Waals surface area (Å²) in [5.41, 5.74) is 14.5. The number of rotatable bonds is 6. The Hall–Kier alpha value is -1.44. The minimum absolute atomic E-state index is 0.190. The van der Waals surface area contributed by atoms with Gasteiger partial charge >= 0.3 is 17.9 Å². The third-order valence-electron chi connectivity index (χ3n) is 1.54. The van der Waals surface area contributed by atoms with E-state index in [1.54, 1.807) is 0 Å². The summed E-state index contributed by atoms with van der Waals surface area (Å²) in [5.74, 6) is -3.17. The summed E-state index contributed by atoms with van der Waals surface area (Å²) in [6, 6.07) is -3.07. The molecule has 11 N–H and O–H groups in total. The first-order chi connectivity index (χ1) is 9.54. The Morgan fingerprint density at radius 3 is 1.00 bits per heavy atom. The molecule has 0 aliphatic rings. The van der Waals surface area contributed by atoms with E-state index in [1.807, 2.05) is 0 Å². The van der Waals surface area contributed by atoms with Gasteiger partial charge < -0.3 is 42.7 Å². The molecule has 0 aromatic heterocycles. The van der Waals surface area contributed by atoms with Gasteiger partial charge in [-0.15, -0.1) is 0 Å². The molecule has 11 nitrogen and oxygen atoms in total. The third kappa shape index (κ3) is 18.6. The van der Waals surface area contributed by atoms with Crippen LogP contribution in [0.5, 0.6) is 0 Å². The predicted molar refractivity (Wildman–Crippen MR) is 74.9 cm³/mol. The lowest BCUT2D eigenvalue weighted by Gasteiger charge is -1.96. The monoisotopic (exact) mass is 331 g/mol. The van der Waals surface area contributed by atoms with Crippen molar-refractivity contribution in [3.63, 3.8) is 0 Å². The van der Waals surface area contributed by atoms with Crippen molar-refractivity contribution in [2.45, 2.75) is 18.1 Å². The van der Waals surface area contributed by atoms with Gasteiger partial charge in [0.05, 0.1) is 13.2 Å². The number of hydrogen-bond donors (Lipinski definition) is 9. The van der Waals surface area contributed by atoms with E-state index in [2.05, 4.69) is 12.6 Å². The van der Waals surface area contributed by atoms with Crippen LogP contribution in [-0.4, -0.2) is 80.5 Å². The Labute approximate surface area is 125 Å². The largest absolute Gasteiger partial charge is 0.480 e. The molecule has 0 aliphatic carbocycles. The van der Waals surface area contributed by atoms with Gasteiger partial charge in [0.15, 0.2) is 0 Å². The van der Waals surface area contributed by atoms with Gasteiger partial charge in [-0.25, -0.2) is 0 Å². The Morgan fingerprint density at radius 2 is 1.00 bits per heavy atom. The number of hydrogen-bond acceptors (Lipinski definition) is 9. The van der Waals surface area contributed by atoms with Crippen LogP contribution >= 0.6 is 12.6 Å². The first-order valence-corrected chi connectivity index (χ1v) is 5.96. The van der Waals surface area contributed by atoms with Crippen LogP contribution in [0.3, 0.4) is 0 Å². The molecule has 3 atom stereocenters. The number of carbonyl (C=O) groups is 3. The number of aliphatic hydroxyl groups is 2. The van der Waals surface area contributed by atoms with E-state index in [0.717, 1.165) is 0 Å². The summed E-state index contributed by atoms with van der Waals surface area (Å²) in [5, 5.41) is 39.8. The highest BCUT2D eigenvalue weighted by atomic mass is 32.1. The van der Waals surface area contributed by atoms with Crippen molar-refractivity contribution >= 4 is 30.5 Å². The molecular formula is C9H21N3O8S. The van der Waals surface area contributed by atoms with Gasteiger partial charge in [0.25, 0.3) is 0 Å². The third-order valence-corrected chi connectivity index (χ3v) is 1.94. The SMILES string of the molecule is N[C@@H](CO)C(=O)O.N[C@@H](CO)C(=O)O.N[C@@H](CS)C(=O)O. The van der Waals surface area contributed by atoms with E-state index in [-0.39, 0.29) is 5.75 Å². The Kier molecular flexibility index (Phi) is 17.5. The van der Waals surface area contributed by atoms with E-state index in [9.17, 15) is 14.4 Å². The second-order valence-electron chi connectivity index (χ2n) is 3.38. The number of carboxylic acid groups (broad SMARTS) is 3. The molecule has 0 fully saturated rings. The van der Waals surface area contributed by atoms with E-state index >= 15 is 0 Å². The number of aliphatic carboxylic acids is 3. The minimum atomic E-state index is -1.18. The summed E-state index contributed by atoms with van der Waals surface area (Å²) >= 11 is 3.65. The number of nitrogens with two attached hydrogens (primary N) is 3. The average Bonchev–Trinajstić information content (AvgIpc) is 2.45. The van der Waals surface area contributed by atoms with Crippen LogP contribution in [0.15, 0.2) is 0 Å². The molecule has 0 rings (SSSR count). The fourth-order valence-electron chi connectivity index (χ4n) is 0.234. The average molecular weight is 331 g/mol. The maximum Gasteiger partial charge on any atom is 0.322 e. The van der Waals surface area contributed by atoms with Gasteiger partial charge in [-0.3, -0.25) is 14.4 Å². The van der Waals surface area contributed by atoms with Crippen LogP contribution < -0.4 is 17.2 Å². The van der Waals surface area contributed by atoms with Crippen LogP contribution in [0.1, 0.15) is 0 Å². The lowest BCUT2D eigenvalue weighted by atomic mass is 10.3. The standard InChI is InChI=1S/2C3H7NO3.C3H7NO2S/c2*4-2(1-5)3(6)7;4-2(1-7)3(5)6/h2*2,5H,1,4H2,(H,6,7);2,7H,1,4H2,(H,5,6)/t3*2-/m000/s1. The molecule has 0 amide bonds. The normalized spacial score (nSPS) is 13.4. The highest BCUT2D eigenvalue weighted by Crippen LogP contribution is 1.80. The molecule has 21 heavy (non-hydrogen) atoms. The summed E-state index contributed by atoms with van der Waals surface area (Å²) < 4.78 is 0. The molecule has 0 spiro atoms. The first-order valence-electron chi connectivity index (χ1n) is 5.32. The molecule has 0 aliphatic heterocycles. The summed E-state index contributed by atoms with van der Waals surface area (Å²) in [6.07, 6.45) is 0. The Balaban J connectivity index is -0.000000231. The zero-order valence-electron chi connectivity index (χ0n) is 11.0. The van der Waals surface area contributed by atoms with E-state index in [4.69, 9.17) is 42.7 Å².